The Kier molecular flexibility index (Phi) is 6.00. The first-order valence-corrected chi connectivity index (χ1v) is 5.96. The first-order chi connectivity index (χ1) is 8.69. The van der Waals surface area contributed by atoms with Gasteiger partial charge in [0.1, 0.15) is 5.75 Å². The SMILES string of the molecule is COc1ccccc1CNC(=O)C(=O)NCCCl. The maximum Gasteiger partial charge on any atom is 0.309 e. The number of benzene rings is 1. The Bertz CT molecular complexity index is 424. The van der Waals surface area contributed by atoms with Crippen LogP contribution in [0.3, 0.4) is 0 Å². The molecule has 0 aliphatic carbocycles. The average molecular weight is 271 g/mol. The number of methoxy groups -OCH3 is 1. The third-order valence-corrected chi connectivity index (χ3v) is 2.41. The normalized spacial score (nSPS) is 9.67. The van der Waals surface area contributed by atoms with E-state index in [9.17, 15) is 9.59 Å². The molecule has 0 aliphatic heterocycles. The summed E-state index contributed by atoms with van der Waals surface area (Å²) in [7, 11) is 1.55. The lowest BCUT2D eigenvalue weighted by molar-refractivity contribution is -0.139. The molecule has 1 rings (SSSR count). The van der Waals surface area contributed by atoms with Gasteiger partial charge in [-0.05, 0) is 6.07 Å². The van der Waals surface area contributed by atoms with Gasteiger partial charge in [-0.3, -0.25) is 9.59 Å². The van der Waals surface area contributed by atoms with E-state index < -0.39 is 11.8 Å². The van der Waals surface area contributed by atoms with Crippen molar-refractivity contribution in [1.29, 1.82) is 0 Å². The molecule has 5 nitrogen and oxygen atoms in total. The molecule has 0 atom stereocenters. The number of hydrogen-bond acceptors (Lipinski definition) is 3. The number of ether oxygens (including phenoxy) is 1. The molecule has 2 amide bonds. The molecule has 6 heteroatoms. The molecule has 0 saturated carbocycles. The number of halogens is 1. The molecular formula is C12H15ClN2O3. The molecule has 98 valence electrons. The standard InChI is InChI=1S/C12H15ClN2O3/c1-18-10-5-3-2-4-9(10)8-15-12(17)11(16)14-7-6-13/h2-5H,6-8H2,1H3,(H,14,16)(H,15,17). The molecule has 0 aliphatic rings. The predicted octanol–water partition coefficient (Wildman–Crippen LogP) is 0.666. The molecule has 0 spiro atoms. The highest BCUT2D eigenvalue weighted by atomic mass is 35.5. The lowest BCUT2D eigenvalue weighted by Crippen LogP contribution is -2.40. The minimum atomic E-state index is -0.689. The summed E-state index contributed by atoms with van der Waals surface area (Å²) in [5.74, 6) is -0.443. The summed E-state index contributed by atoms with van der Waals surface area (Å²) >= 11 is 5.40. The molecule has 0 bridgehead atoms. The van der Waals surface area contributed by atoms with Crippen LogP contribution in [0.4, 0.5) is 0 Å². The highest BCUT2D eigenvalue weighted by Crippen LogP contribution is 2.16. The summed E-state index contributed by atoms with van der Waals surface area (Å²) in [4.78, 5) is 22.7. The predicted molar refractivity (Wildman–Crippen MR) is 68.6 cm³/mol. The highest BCUT2D eigenvalue weighted by molar-refractivity contribution is 6.35. The number of carbonyl (C=O) groups is 2. The van der Waals surface area contributed by atoms with Crippen molar-refractivity contribution in [3.05, 3.63) is 29.8 Å². The molecule has 0 fully saturated rings. The van der Waals surface area contributed by atoms with Gasteiger partial charge in [-0.1, -0.05) is 18.2 Å². The van der Waals surface area contributed by atoms with Crippen LogP contribution in [0.25, 0.3) is 0 Å². The Balaban J connectivity index is 2.49. The Morgan fingerprint density at radius 1 is 1.22 bits per heavy atom. The van der Waals surface area contributed by atoms with E-state index >= 15 is 0 Å². The second-order valence-electron chi connectivity index (χ2n) is 3.44. The van der Waals surface area contributed by atoms with Crippen molar-refractivity contribution >= 4 is 23.4 Å². The van der Waals surface area contributed by atoms with E-state index in [1.807, 2.05) is 18.2 Å². The van der Waals surface area contributed by atoms with Gasteiger partial charge in [-0.2, -0.15) is 0 Å². The summed E-state index contributed by atoms with van der Waals surface area (Å²) in [6, 6.07) is 7.26. The topological polar surface area (TPSA) is 67.4 Å². The molecule has 0 unspecified atom stereocenters. The van der Waals surface area contributed by atoms with E-state index in [-0.39, 0.29) is 19.0 Å². The second-order valence-corrected chi connectivity index (χ2v) is 3.82. The van der Waals surface area contributed by atoms with Gasteiger partial charge in [-0.15, -0.1) is 11.6 Å². The summed E-state index contributed by atoms with van der Waals surface area (Å²) < 4.78 is 5.13. The van der Waals surface area contributed by atoms with Crippen LogP contribution < -0.4 is 15.4 Å². The summed E-state index contributed by atoms with van der Waals surface area (Å²) in [6.45, 7) is 0.500. The second kappa shape index (κ2) is 7.55. The van der Waals surface area contributed by atoms with Crippen molar-refractivity contribution in [2.45, 2.75) is 6.54 Å². The molecule has 0 radical (unpaired) electrons. The Hall–Kier alpha value is -1.75. The molecule has 18 heavy (non-hydrogen) atoms. The average Bonchev–Trinajstić information content (AvgIpc) is 2.42. The number of carbonyl (C=O) groups excluding carboxylic acids is 2. The van der Waals surface area contributed by atoms with Crippen molar-refractivity contribution in [3.63, 3.8) is 0 Å². The quantitative estimate of drug-likeness (QED) is 0.610. The van der Waals surface area contributed by atoms with Gasteiger partial charge in [-0.25, -0.2) is 0 Å². The fourth-order valence-electron chi connectivity index (χ4n) is 1.35. The number of alkyl halides is 1. The summed E-state index contributed by atoms with van der Waals surface area (Å²) in [5, 5.41) is 4.89. The van der Waals surface area contributed by atoms with Crippen LogP contribution >= 0.6 is 11.6 Å². The smallest absolute Gasteiger partial charge is 0.309 e. The highest BCUT2D eigenvalue weighted by Gasteiger charge is 2.12. The van der Waals surface area contributed by atoms with Crippen LogP contribution in [0.2, 0.25) is 0 Å². The van der Waals surface area contributed by atoms with Gasteiger partial charge in [0.2, 0.25) is 0 Å². The Morgan fingerprint density at radius 2 is 1.89 bits per heavy atom. The van der Waals surface area contributed by atoms with E-state index in [0.29, 0.717) is 5.75 Å². The third kappa shape index (κ3) is 4.25. The minimum Gasteiger partial charge on any atom is -0.496 e. The van der Waals surface area contributed by atoms with Crippen molar-refractivity contribution in [2.75, 3.05) is 19.5 Å². The van der Waals surface area contributed by atoms with Gasteiger partial charge in [0, 0.05) is 24.5 Å². The van der Waals surface area contributed by atoms with E-state index in [1.54, 1.807) is 13.2 Å². The molecule has 1 aromatic carbocycles. The number of hydrogen-bond donors (Lipinski definition) is 2. The zero-order valence-electron chi connectivity index (χ0n) is 10.0. The van der Waals surface area contributed by atoms with Crippen LogP contribution in [0.1, 0.15) is 5.56 Å². The maximum atomic E-state index is 11.4. The first-order valence-electron chi connectivity index (χ1n) is 5.43. The lowest BCUT2D eigenvalue weighted by atomic mass is 10.2. The molecule has 0 aromatic heterocycles. The van der Waals surface area contributed by atoms with Crippen LogP contribution in [0, 0.1) is 0 Å². The number of amides is 2. The van der Waals surface area contributed by atoms with E-state index in [0.717, 1.165) is 5.56 Å². The van der Waals surface area contributed by atoms with Gasteiger partial charge in [0.05, 0.1) is 7.11 Å². The lowest BCUT2D eigenvalue weighted by Gasteiger charge is -2.09. The molecular weight excluding hydrogens is 256 g/mol. The zero-order chi connectivity index (χ0) is 13.4. The van der Waals surface area contributed by atoms with Gasteiger partial charge >= 0.3 is 11.8 Å². The van der Waals surface area contributed by atoms with Crippen molar-refractivity contribution in [1.82, 2.24) is 10.6 Å². The largest absolute Gasteiger partial charge is 0.496 e. The first kappa shape index (κ1) is 14.3. The third-order valence-electron chi connectivity index (χ3n) is 2.22. The number of nitrogens with one attached hydrogen (secondary N) is 2. The van der Waals surface area contributed by atoms with Crippen LogP contribution in [-0.2, 0) is 16.1 Å². The molecule has 2 N–H and O–H groups in total. The van der Waals surface area contributed by atoms with Crippen molar-refractivity contribution < 1.29 is 14.3 Å². The summed E-state index contributed by atoms with van der Waals surface area (Å²) in [6.07, 6.45) is 0. The van der Waals surface area contributed by atoms with E-state index in [1.165, 1.54) is 0 Å². The van der Waals surface area contributed by atoms with Crippen molar-refractivity contribution in [2.24, 2.45) is 0 Å². The monoisotopic (exact) mass is 270 g/mol. The fraction of sp³-hybridized carbons (Fsp3) is 0.333. The Labute approximate surface area is 110 Å². The van der Waals surface area contributed by atoms with Gasteiger partial charge in [0.25, 0.3) is 0 Å². The van der Waals surface area contributed by atoms with Crippen molar-refractivity contribution in [3.8, 4) is 5.75 Å². The van der Waals surface area contributed by atoms with Crippen LogP contribution in [-0.4, -0.2) is 31.3 Å². The Morgan fingerprint density at radius 3 is 2.56 bits per heavy atom. The van der Waals surface area contributed by atoms with Gasteiger partial charge < -0.3 is 15.4 Å². The molecule has 1 aromatic rings. The number of para-hydroxylation sites is 1. The van der Waals surface area contributed by atoms with Gasteiger partial charge in [0.15, 0.2) is 0 Å². The zero-order valence-corrected chi connectivity index (χ0v) is 10.8. The summed E-state index contributed by atoms with van der Waals surface area (Å²) in [5.41, 5.74) is 0.804. The van der Waals surface area contributed by atoms with E-state index in [4.69, 9.17) is 16.3 Å². The minimum absolute atomic E-state index is 0.233. The molecule has 0 heterocycles. The van der Waals surface area contributed by atoms with Crippen LogP contribution in [0.15, 0.2) is 24.3 Å². The molecule has 0 saturated heterocycles. The number of rotatable bonds is 5. The fourth-order valence-corrected chi connectivity index (χ4v) is 1.44. The maximum absolute atomic E-state index is 11.4. The van der Waals surface area contributed by atoms with E-state index in [2.05, 4.69) is 10.6 Å². The van der Waals surface area contributed by atoms with Crippen LogP contribution in [0.5, 0.6) is 5.75 Å².